The number of anilines is 1. The molecule has 3 rings (SSSR count). The highest BCUT2D eigenvalue weighted by Crippen LogP contribution is 2.38. The molecule has 0 aliphatic heterocycles. The van der Waals surface area contributed by atoms with Gasteiger partial charge in [0, 0.05) is 18.7 Å². The van der Waals surface area contributed by atoms with Gasteiger partial charge in [-0.3, -0.25) is 10.2 Å². The van der Waals surface area contributed by atoms with E-state index in [9.17, 15) is 18.0 Å². The highest BCUT2D eigenvalue weighted by molar-refractivity contribution is 6.14. The Bertz CT molecular complexity index is 1180. The van der Waals surface area contributed by atoms with Gasteiger partial charge >= 0.3 is 6.18 Å². The van der Waals surface area contributed by atoms with Crippen molar-refractivity contribution in [1.82, 2.24) is 10.3 Å². The van der Waals surface area contributed by atoms with E-state index in [1.54, 1.807) is 19.1 Å². The van der Waals surface area contributed by atoms with Gasteiger partial charge < -0.3 is 20.1 Å². The van der Waals surface area contributed by atoms with Crippen LogP contribution in [0, 0.1) is 5.41 Å². The summed E-state index contributed by atoms with van der Waals surface area (Å²) < 4.78 is 52.3. The third kappa shape index (κ3) is 6.28. The molecule has 1 atom stereocenters. The minimum Gasteiger partial charge on any atom is -0.497 e. The van der Waals surface area contributed by atoms with Crippen LogP contribution in [0.15, 0.2) is 60.7 Å². The van der Waals surface area contributed by atoms with E-state index in [0.29, 0.717) is 11.8 Å². The fraction of sp³-hybridized carbons (Fsp3) is 0.240. The largest absolute Gasteiger partial charge is 0.497 e. The van der Waals surface area contributed by atoms with Crippen LogP contribution in [0.2, 0.25) is 0 Å². The number of hydrogen-bond donors (Lipinski definition) is 3. The summed E-state index contributed by atoms with van der Waals surface area (Å²) in [6.07, 6.45) is -4.80. The number of amides is 1. The molecule has 0 radical (unpaired) electrons. The molecule has 1 unspecified atom stereocenters. The lowest BCUT2D eigenvalue weighted by molar-refractivity contribution is -0.137. The minimum absolute atomic E-state index is 0.200. The average Bonchev–Trinajstić information content (AvgIpc) is 2.86. The number of methoxy groups -OCH3 is 1. The van der Waals surface area contributed by atoms with Gasteiger partial charge in [0.25, 0.3) is 5.91 Å². The number of aromatic nitrogens is 1. The molecule has 10 heteroatoms. The van der Waals surface area contributed by atoms with E-state index < -0.39 is 35.7 Å². The quantitative estimate of drug-likeness (QED) is 0.377. The molecule has 0 saturated heterocycles. The van der Waals surface area contributed by atoms with E-state index in [1.807, 2.05) is 30.3 Å². The number of rotatable bonds is 9. The molecule has 35 heavy (non-hydrogen) atoms. The van der Waals surface area contributed by atoms with Crippen molar-refractivity contribution in [3.8, 4) is 11.6 Å². The standard InChI is InChI=1S/C25H25F3N4O3/c1-15(16-7-5-4-6-8-16)31-20(33)14-35-21-13-19(25(26,27)28)22(24(30-2)32-21)23(29)17-9-11-18(34-3)12-10-17/h4-13,15,29H,14H2,1-3H3,(H,30,32)(H,31,33). The molecule has 1 aromatic heterocycles. The molecule has 0 saturated carbocycles. The maximum absolute atomic E-state index is 14.0. The summed E-state index contributed by atoms with van der Waals surface area (Å²) in [5.41, 5.74) is -0.794. The lowest BCUT2D eigenvalue weighted by atomic mass is 9.97. The fourth-order valence-electron chi connectivity index (χ4n) is 3.40. The van der Waals surface area contributed by atoms with Gasteiger partial charge in [-0.2, -0.15) is 18.2 Å². The Morgan fingerprint density at radius 3 is 2.34 bits per heavy atom. The molecule has 1 heterocycles. The second-order valence-corrected chi connectivity index (χ2v) is 7.57. The highest BCUT2D eigenvalue weighted by Gasteiger charge is 2.37. The SMILES string of the molecule is CNc1nc(OCC(=O)NC(C)c2ccccc2)cc(C(F)(F)F)c1C(=N)c1ccc(OC)cc1. The van der Waals surface area contributed by atoms with Crippen LogP contribution in [0.4, 0.5) is 19.0 Å². The Labute approximate surface area is 200 Å². The number of ether oxygens (including phenoxy) is 2. The van der Waals surface area contributed by atoms with Crippen molar-refractivity contribution in [3.63, 3.8) is 0 Å². The molecule has 0 bridgehead atoms. The number of carbonyl (C=O) groups is 1. The maximum atomic E-state index is 14.0. The first-order valence-electron chi connectivity index (χ1n) is 10.6. The van der Waals surface area contributed by atoms with E-state index >= 15 is 0 Å². The molecule has 1 amide bonds. The van der Waals surface area contributed by atoms with E-state index in [0.717, 1.165) is 5.56 Å². The fourth-order valence-corrected chi connectivity index (χ4v) is 3.40. The monoisotopic (exact) mass is 486 g/mol. The Kier molecular flexibility index (Phi) is 7.95. The van der Waals surface area contributed by atoms with Gasteiger partial charge in [0.05, 0.1) is 30.0 Å². The number of halogens is 3. The second kappa shape index (κ2) is 10.9. The summed E-state index contributed by atoms with van der Waals surface area (Å²) in [4.78, 5) is 16.4. The van der Waals surface area contributed by atoms with Gasteiger partial charge in [-0.25, -0.2) is 0 Å². The van der Waals surface area contributed by atoms with Crippen LogP contribution in [0.3, 0.4) is 0 Å². The molecular weight excluding hydrogens is 461 g/mol. The zero-order chi connectivity index (χ0) is 25.6. The first-order valence-corrected chi connectivity index (χ1v) is 10.6. The lowest BCUT2D eigenvalue weighted by Crippen LogP contribution is -2.31. The van der Waals surface area contributed by atoms with Crippen molar-refractivity contribution in [2.24, 2.45) is 0 Å². The number of alkyl halides is 3. The van der Waals surface area contributed by atoms with Gasteiger partial charge in [0.15, 0.2) is 6.61 Å². The van der Waals surface area contributed by atoms with E-state index in [-0.39, 0.29) is 23.1 Å². The van der Waals surface area contributed by atoms with Crippen molar-refractivity contribution in [2.45, 2.75) is 19.1 Å². The summed E-state index contributed by atoms with van der Waals surface area (Å²) in [7, 11) is 2.86. The van der Waals surface area contributed by atoms with Crippen LogP contribution in [-0.4, -0.2) is 37.4 Å². The molecule has 0 spiro atoms. The number of nitrogens with zero attached hydrogens (tertiary/aromatic N) is 1. The van der Waals surface area contributed by atoms with Gasteiger partial charge in [-0.05, 0) is 36.8 Å². The highest BCUT2D eigenvalue weighted by atomic mass is 19.4. The van der Waals surface area contributed by atoms with Gasteiger partial charge in [-0.15, -0.1) is 0 Å². The van der Waals surface area contributed by atoms with Gasteiger partial charge in [-0.1, -0.05) is 30.3 Å². The van der Waals surface area contributed by atoms with Crippen LogP contribution in [0.25, 0.3) is 0 Å². The third-order valence-corrected chi connectivity index (χ3v) is 5.20. The van der Waals surface area contributed by atoms with Crippen molar-refractivity contribution in [1.29, 1.82) is 5.41 Å². The van der Waals surface area contributed by atoms with Crippen LogP contribution >= 0.6 is 0 Å². The molecule has 3 N–H and O–H groups in total. The summed E-state index contributed by atoms with van der Waals surface area (Å²) in [5.74, 6) is -0.602. The van der Waals surface area contributed by atoms with E-state index in [4.69, 9.17) is 14.9 Å². The number of benzene rings is 2. The lowest BCUT2D eigenvalue weighted by Gasteiger charge is -2.19. The van der Waals surface area contributed by atoms with Gasteiger partial charge in [0.1, 0.15) is 11.6 Å². The maximum Gasteiger partial charge on any atom is 0.417 e. The van der Waals surface area contributed by atoms with Crippen LogP contribution in [0.5, 0.6) is 11.6 Å². The Hall–Kier alpha value is -4.08. The number of carbonyl (C=O) groups excluding carboxylic acids is 1. The van der Waals surface area contributed by atoms with Crippen LogP contribution in [0.1, 0.15) is 35.2 Å². The molecule has 2 aromatic carbocycles. The molecule has 0 fully saturated rings. The summed E-state index contributed by atoms with van der Waals surface area (Å²) in [5, 5.41) is 13.8. The second-order valence-electron chi connectivity index (χ2n) is 7.57. The zero-order valence-corrected chi connectivity index (χ0v) is 19.4. The Balaban J connectivity index is 1.84. The van der Waals surface area contributed by atoms with Gasteiger partial charge in [0.2, 0.25) is 5.88 Å². The summed E-state index contributed by atoms with van der Waals surface area (Å²) in [6, 6.07) is 15.7. The first kappa shape index (κ1) is 25.5. The van der Waals surface area contributed by atoms with Crippen LogP contribution in [-0.2, 0) is 11.0 Å². The van der Waals surface area contributed by atoms with Crippen molar-refractivity contribution < 1.29 is 27.4 Å². The average molecular weight is 486 g/mol. The minimum atomic E-state index is -4.80. The molecule has 3 aromatic rings. The van der Waals surface area contributed by atoms with Crippen molar-refractivity contribution in [2.75, 3.05) is 26.1 Å². The molecular formula is C25H25F3N4O3. The number of hydrogen-bond acceptors (Lipinski definition) is 6. The molecule has 0 aliphatic rings. The predicted octanol–water partition coefficient (Wildman–Crippen LogP) is 4.82. The van der Waals surface area contributed by atoms with Crippen molar-refractivity contribution in [3.05, 3.63) is 82.9 Å². The Morgan fingerprint density at radius 2 is 1.77 bits per heavy atom. The summed E-state index contributed by atoms with van der Waals surface area (Å²) in [6.45, 7) is 1.26. The topological polar surface area (TPSA) is 96.3 Å². The normalized spacial score (nSPS) is 11.9. The predicted molar refractivity (Wildman–Crippen MR) is 126 cm³/mol. The summed E-state index contributed by atoms with van der Waals surface area (Å²) >= 11 is 0. The van der Waals surface area contributed by atoms with Crippen molar-refractivity contribution >= 4 is 17.4 Å². The van der Waals surface area contributed by atoms with E-state index in [2.05, 4.69) is 15.6 Å². The number of nitrogens with one attached hydrogen (secondary N) is 3. The number of pyridine rings is 1. The zero-order valence-electron chi connectivity index (χ0n) is 19.4. The molecule has 0 aliphatic carbocycles. The Morgan fingerprint density at radius 1 is 1.11 bits per heavy atom. The van der Waals surface area contributed by atoms with Crippen LogP contribution < -0.4 is 20.1 Å². The smallest absolute Gasteiger partial charge is 0.417 e. The first-order chi connectivity index (χ1) is 16.6. The third-order valence-electron chi connectivity index (χ3n) is 5.20. The van der Waals surface area contributed by atoms with E-state index in [1.165, 1.54) is 26.3 Å². The molecule has 7 nitrogen and oxygen atoms in total. The molecule has 184 valence electrons.